The number of halogens is 1. The fraction of sp³-hybridized carbons (Fsp3) is 0.471. The number of carbonyl (C=O) groups excluding carboxylic acids is 1. The average Bonchev–Trinajstić information content (AvgIpc) is 2.54. The second kappa shape index (κ2) is 6.32. The Labute approximate surface area is 138 Å². The van der Waals surface area contributed by atoms with Gasteiger partial charge in [-0.15, -0.1) is 0 Å². The molecule has 7 heteroatoms. The lowest BCUT2D eigenvalue weighted by Crippen LogP contribution is -2.49. The molecule has 1 aliphatic heterocycles. The molecule has 1 aromatic heterocycles. The van der Waals surface area contributed by atoms with E-state index < -0.39 is 17.2 Å². The molecule has 3 rings (SSSR count). The second-order valence-corrected chi connectivity index (χ2v) is 6.12. The Morgan fingerprint density at radius 2 is 2.00 bits per heavy atom. The summed E-state index contributed by atoms with van der Waals surface area (Å²) in [7, 11) is 0. The molecule has 0 radical (unpaired) electrons. The van der Waals surface area contributed by atoms with Gasteiger partial charge < -0.3 is 9.64 Å². The number of nitrogens with zero attached hydrogens (tertiary/aromatic N) is 3. The lowest BCUT2D eigenvalue weighted by atomic mass is 10.1. The van der Waals surface area contributed by atoms with Gasteiger partial charge in [-0.1, -0.05) is 0 Å². The van der Waals surface area contributed by atoms with Crippen LogP contribution in [0.15, 0.2) is 23.0 Å². The first-order valence-corrected chi connectivity index (χ1v) is 8.05. The molecule has 128 valence electrons. The summed E-state index contributed by atoms with van der Waals surface area (Å²) in [6.07, 6.45) is -0.215. The van der Waals surface area contributed by atoms with E-state index in [2.05, 4.69) is 5.10 Å². The summed E-state index contributed by atoms with van der Waals surface area (Å²) < 4.78 is 20.7. The zero-order valence-corrected chi connectivity index (χ0v) is 14.0. The largest absolute Gasteiger partial charge is 0.372 e. The Hall–Kier alpha value is -2.28. The fourth-order valence-electron chi connectivity index (χ4n) is 3.14. The van der Waals surface area contributed by atoms with E-state index in [0.717, 1.165) is 6.07 Å². The van der Waals surface area contributed by atoms with Crippen molar-refractivity contribution in [2.24, 2.45) is 0 Å². The van der Waals surface area contributed by atoms with Crippen LogP contribution in [0, 0.1) is 5.82 Å². The standard InChI is InChI=1S/C17H20FN3O3/c1-4-21-14-6-5-12(18)7-13(14)16(22)15(19-21)17(23)20-8-10(2)24-11(3)9-20/h5-7,10-11H,4,8-9H2,1-3H3. The highest BCUT2D eigenvalue weighted by Crippen LogP contribution is 2.15. The van der Waals surface area contributed by atoms with Gasteiger partial charge in [0.25, 0.3) is 5.91 Å². The Morgan fingerprint density at radius 1 is 1.33 bits per heavy atom. The first kappa shape index (κ1) is 16.6. The normalized spacial score (nSPS) is 21.2. The predicted molar refractivity (Wildman–Crippen MR) is 87.5 cm³/mol. The minimum atomic E-state index is -0.536. The van der Waals surface area contributed by atoms with Gasteiger partial charge in [-0.3, -0.25) is 14.3 Å². The number of benzene rings is 1. The maximum atomic E-state index is 13.6. The van der Waals surface area contributed by atoms with Gasteiger partial charge >= 0.3 is 0 Å². The monoisotopic (exact) mass is 333 g/mol. The zero-order chi connectivity index (χ0) is 17.4. The van der Waals surface area contributed by atoms with E-state index >= 15 is 0 Å². The molecule has 0 saturated carbocycles. The molecule has 1 aliphatic rings. The molecule has 1 saturated heterocycles. The van der Waals surface area contributed by atoms with Gasteiger partial charge in [0, 0.05) is 19.6 Å². The molecule has 0 N–H and O–H groups in total. The predicted octanol–water partition coefficient (Wildman–Crippen LogP) is 1.80. The van der Waals surface area contributed by atoms with Crippen molar-refractivity contribution < 1.29 is 13.9 Å². The minimum Gasteiger partial charge on any atom is -0.372 e. The van der Waals surface area contributed by atoms with E-state index in [9.17, 15) is 14.0 Å². The van der Waals surface area contributed by atoms with E-state index in [-0.39, 0.29) is 23.3 Å². The van der Waals surface area contributed by atoms with Crippen LogP contribution in [0.25, 0.3) is 10.9 Å². The van der Waals surface area contributed by atoms with Crippen molar-refractivity contribution in [1.82, 2.24) is 14.7 Å². The molecule has 2 aromatic rings. The third-order valence-electron chi connectivity index (χ3n) is 4.13. The molecule has 24 heavy (non-hydrogen) atoms. The second-order valence-electron chi connectivity index (χ2n) is 6.12. The van der Waals surface area contributed by atoms with Gasteiger partial charge in [0.15, 0.2) is 5.69 Å². The number of aromatic nitrogens is 2. The first-order chi connectivity index (χ1) is 11.4. The van der Waals surface area contributed by atoms with E-state index in [1.807, 2.05) is 20.8 Å². The van der Waals surface area contributed by atoms with Gasteiger partial charge in [-0.2, -0.15) is 5.10 Å². The minimum absolute atomic E-state index is 0.107. The topological polar surface area (TPSA) is 64.4 Å². The van der Waals surface area contributed by atoms with Gasteiger partial charge in [-0.25, -0.2) is 4.39 Å². The van der Waals surface area contributed by atoms with E-state index in [4.69, 9.17) is 4.74 Å². The number of carbonyl (C=O) groups is 1. The van der Waals surface area contributed by atoms with Crippen LogP contribution < -0.4 is 5.43 Å². The zero-order valence-electron chi connectivity index (χ0n) is 14.0. The number of rotatable bonds is 2. The Bertz CT molecular complexity index is 839. The molecule has 0 aliphatic carbocycles. The lowest BCUT2D eigenvalue weighted by molar-refractivity contribution is -0.0588. The SMILES string of the molecule is CCn1nc(C(=O)N2CC(C)OC(C)C2)c(=O)c2cc(F)ccc21. The summed E-state index contributed by atoms with van der Waals surface area (Å²) in [4.78, 5) is 27.1. The lowest BCUT2D eigenvalue weighted by Gasteiger charge is -2.35. The van der Waals surface area contributed by atoms with Gasteiger partial charge in [0.05, 0.1) is 23.1 Å². The van der Waals surface area contributed by atoms with Crippen LogP contribution in [0.1, 0.15) is 31.3 Å². The van der Waals surface area contributed by atoms with Gasteiger partial charge in [0.1, 0.15) is 5.82 Å². The molecular formula is C17H20FN3O3. The van der Waals surface area contributed by atoms with Crippen LogP contribution in [-0.4, -0.2) is 45.9 Å². The highest BCUT2D eigenvalue weighted by molar-refractivity contribution is 5.95. The molecule has 2 heterocycles. The van der Waals surface area contributed by atoms with Crippen molar-refractivity contribution in [3.05, 3.63) is 39.9 Å². The summed E-state index contributed by atoms with van der Waals surface area (Å²) in [5, 5.41) is 4.39. The molecule has 2 atom stereocenters. The maximum Gasteiger partial charge on any atom is 0.278 e. The smallest absolute Gasteiger partial charge is 0.278 e. The van der Waals surface area contributed by atoms with Crippen LogP contribution >= 0.6 is 0 Å². The van der Waals surface area contributed by atoms with E-state index in [1.54, 1.807) is 9.58 Å². The van der Waals surface area contributed by atoms with Crippen molar-refractivity contribution in [2.45, 2.75) is 39.5 Å². The Kier molecular flexibility index (Phi) is 4.36. The van der Waals surface area contributed by atoms with E-state index in [0.29, 0.717) is 25.2 Å². The fourth-order valence-corrected chi connectivity index (χ4v) is 3.14. The van der Waals surface area contributed by atoms with Crippen LogP contribution in [0.4, 0.5) is 4.39 Å². The summed E-state index contributed by atoms with van der Waals surface area (Å²) >= 11 is 0. The van der Waals surface area contributed by atoms with Gasteiger partial charge in [0.2, 0.25) is 5.43 Å². The average molecular weight is 333 g/mol. The highest BCUT2D eigenvalue weighted by atomic mass is 19.1. The van der Waals surface area contributed by atoms with Crippen LogP contribution in [0.3, 0.4) is 0 Å². The molecule has 1 aromatic carbocycles. The molecule has 1 fully saturated rings. The van der Waals surface area contributed by atoms with Gasteiger partial charge in [-0.05, 0) is 39.0 Å². The van der Waals surface area contributed by atoms with Crippen LogP contribution in [0.2, 0.25) is 0 Å². The van der Waals surface area contributed by atoms with Crippen molar-refractivity contribution in [3.63, 3.8) is 0 Å². The summed E-state index contributed by atoms with van der Waals surface area (Å²) in [6.45, 7) is 6.88. The first-order valence-electron chi connectivity index (χ1n) is 8.05. The van der Waals surface area contributed by atoms with E-state index in [1.165, 1.54) is 12.1 Å². The quantitative estimate of drug-likeness (QED) is 0.841. The number of hydrogen-bond donors (Lipinski definition) is 0. The third kappa shape index (κ3) is 2.91. The third-order valence-corrected chi connectivity index (χ3v) is 4.13. The molecular weight excluding hydrogens is 313 g/mol. The number of amides is 1. The van der Waals surface area contributed by atoms with Crippen molar-refractivity contribution in [1.29, 1.82) is 0 Å². The number of aryl methyl sites for hydroxylation is 1. The van der Waals surface area contributed by atoms with Crippen molar-refractivity contribution in [3.8, 4) is 0 Å². The Balaban J connectivity index is 2.10. The summed E-state index contributed by atoms with van der Waals surface area (Å²) in [5.74, 6) is -0.948. The maximum absolute atomic E-state index is 13.6. The molecule has 6 nitrogen and oxygen atoms in total. The Morgan fingerprint density at radius 3 is 2.62 bits per heavy atom. The summed E-state index contributed by atoms with van der Waals surface area (Å²) in [5.41, 5.74) is -0.189. The summed E-state index contributed by atoms with van der Waals surface area (Å²) in [6, 6.07) is 3.95. The number of fused-ring (bicyclic) bond motifs is 1. The van der Waals surface area contributed by atoms with Crippen molar-refractivity contribution in [2.75, 3.05) is 13.1 Å². The molecule has 1 amide bonds. The van der Waals surface area contributed by atoms with Crippen molar-refractivity contribution >= 4 is 16.8 Å². The molecule has 2 unspecified atom stereocenters. The number of morpholine rings is 1. The molecule has 0 bridgehead atoms. The van der Waals surface area contributed by atoms with Crippen LogP contribution in [-0.2, 0) is 11.3 Å². The van der Waals surface area contributed by atoms with Crippen LogP contribution in [0.5, 0.6) is 0 Å². The highest BCUT2D eigenvalue weighted by Gasteiger charge is 2.29. The number of hydrogen-bond acceptors (Lipinski definition) is 4. The number of ether oxygens (including phenoxy) is 1. The molecule has 0 spiro atoms.